The van der Waals surface area contributed by atoms with Gasteiger partial charge >= 0.3 is 5.97 Å². The van der Waals surface area contributed by atoms with Gasteiger partial charge in [0.15, 0.2) is 0 Å². The number of rotatable bonds is 7. The molecule has 3 rings (SSSR count). The van der Waals surface area contributed by atoms with Crippen LogP contribution in [0.4, 0.5) is 5.69 Å². The first kappa shape index (κ1) is 19.9. The van der Waals surface area contributed by atoms with Crippen LogP contribution in [-0.4, -0.2) is 16.2 Å². The highest BCUT2D eigenvalue weighted by Crippen LogP contribution is 2.30. The zero-order valence-electron chi connectivity index (χ0n) is 15.1. The fraction of sp³-hybridized carbons (Fsp3) is 0.0870. The Morgan fingerprint density at radius 2 is 1.57 bits per heavy atom. The van der Waals surface area contributed by atoms with Crippen molar-refractivity contribution in [2.45, 2.75) is 12.3 Å². The number of carboxylic acid groups (broad SMARTS) is 1. The maximum atomic E-state index is 11.1. The van der Waals surface area contributed by atoms with Crippen LogP contribution in [0.15, 0.2) is 85.1 Å². The molecular formula is C23H20INO3. The van der Waals surface area contributed by atoms with Gasteiger partial charge in [-0.2, -0.15) is 0 Å². The van der Waals surface area contributed by atoms with E-state index in [1.807, 2.05) is 48.5 Å². The van der Waals surface area contributed by atoms with Crippen molar-refractivity contribution in [1.29, 1.82) is 0 Å². The smallest absolute Gasteiger partial charge is 0.335 e. The summed E-state index contributed by atoms with van der Waals surface area (Å²) in [7, 11) is 0. The SMILES string of the molecule is C=C(Nc1ccc(I)cc1)C(Cc1ccc(C(=O)O)cc1)c1ccc(O)cc1. The molecule has 28 heavy (non-hydrogen) atoms. The lowest BCUT2D eigenvalue weighted by atomic mass is 9.89. The maximum Gasteiger partial charge on any atom is 0.335 e. The Morgan fingerprint density at radius 1 is 0.964 bits per heavy atom. The quantitative estimate of drug-likeness (QED) is 0.379. The van der Waals surface area contributed by atoms with Gasteiger partial charge in [-0.05, 0) is 88.7 Å². The molecule has 0 spiro atoms. The molecule has 3 aromatic carbocycles. The van der Waals surface area contributed by atoms with Crippen molar-refractivity contribution >= 4 is 34.2 Å². The van der Waals surface area contributed by atoms with Crippen LogP contribution in [0.25, 0.3) is 0 Å². The molecule has 3 aromatic rings. The number of anilines is 1. The largest absolute Gasteiger partial charge is 0.508 e. The van der Waals surface area contributed by atoms with Crippen molar-refractivity contribution in [3.8, 4) is 5.75 Å². The molecule has 0 saturated heterocycles. The van der Waals surface area contributed by atoms with Crippen molar-refractivity contribution in [2.75, 3.05) is 5.32 Å². The van der Waals surface area contributed by atoms with E-state index < -0.39 is 5.97 Å². The Kier molecular flexibility index (Phi) is 6.36. The van der Waals surface area contributed by atoms with E-state index in [4.69, 9.17) is 5.11 Å². The van der Waals surface area contributed by atoms with E-state index in [0.717, 1.165) is 26.1 Å². The number of benzene rings is 3. The predicted octanol–water partition coefficient (Wildman–Crippen LogP) is 5.65. The molecule has 4 nitrogen and oxygen atoms in total. The van der Waals surface area contributed by atoms with Gasteiger partial charge in [0.2, 0.25) is 0 Å². The summed E-state index contributed by atoms with van der Waals surface area (Å²) >= 11 is 2.26. The molecule has 0 saturated carbocycles. The highest BCUT2D eigenvalue weighted by atomic mass is 127. The number of nitrogens with one attached hydrogen (secondary N) is 1. The molecule has 0 aromatic heterocycles. The Bertz CT molecular complexity index is 964. The zero-order chi connectivity index (χ0) is 20.1. The van der Waals surface area contributed by atoms with Gasteiger partial charge in [0.25, 0.3) is 0 Å². The molecule has 0 aliphatic rings. The monoisotopic (exact) mass is 485 g/mol. The molecule has 3 N–H and O–H groups in total. The fourth-order valence-electron chi connectivity index (χ4n) is 2.97. The third-order valence-corrected chi connectivity index (χ3v) is 5.23. The number of allylic oxidation sites excluding steroid dienone is 1. The second-order valence-electron chi connectivity index (χ2n) is 6.51. The van der Waals surface area contributed by atoms with E-state index in [0.29, 0.717) is 6.42 Å². The first-order valence-corrected chi connectivity index (χ1v) is 9.83. The Hall–Kier alpha value is -2.80. The van der Waals surface area contributed by atoms with Crippen molar-refractivity contribution < 1.29 is 15.0 Å². The Morgan fingerprint density at radius 3 is 2.14 bits per heavy atom. The van der Waals surface area contributed by atoms with Gasteiger partial charge < -0.3 is 15.5 Å². The second-order valence-corrected chi connectivity index (χ2v) is 7.75. The Balaban J connectivity index is 1.85. The van der Waals surface area contributed by atoms with Crippen LogP contribution in [0.1, 0.15) is 27.4 Å². The minimum atomic E-state index is -0.938. The number of phenolic OH excluding ortho intramolecular Hbond substituents is 1. The van der Waals surface area contributed by atoms with E-state index in [1.165, 1.54) is 0 Å². The van der Waals surface area contributed by atoms with Crippen LogP contribution in [0.5, 0.6) is 5.75 Å². The summed E-state index contributed by atoms with van der Waals surface area (Å²) in [5.41, 5.74) is 4.07. The fourth-order valence-corrected chi connectivity index (χ4v) is 3.33. The third kappa shape index (κ3) is 5.13. The molecule has 0 aliphatic carbocycles. The van der Waals surface area contributed by atoms with E-state index in [2.05, 4.69) is 34.5 Å². The second kappa shape index (κ2) is 8.93. The van der Waals surface area contributed by atoms with Gasteiger partial charge in [-0.3, -0.25) is 0 Å². The van der Waals surface area contributed by atoms with Crippen LogP contribution < -0.4 is 5.32 Å². The van der Waals surface area contributed by atoms with E-state index >= 15 is 0 Å². The van der Waals surface area contributed by atoms with Crippen molar-refractivity contribution in [1.82, 2.24) is 0 Å². The summed E-state index contributed by atoms with van der Waals surface area (Å²) in [5.74, 6) is -0.772. The van der Waals surface area contributed by atoms with Crippen LogP contribution in [-0.2, 0) is 6.42 Å². The lowest BCUT2D eigenvalue weighted by molar-refractivity contribution is 0.0697. The zero-order valence-corrected chi connectivity index (χ0v) is 17.3. The van der Waals surface area contributed by atoms with Gasteiger partial charge in [-0.1, -0.05) is 30.8 Å². The van der Waals surface area contributed by atoms with Crippen LogP contribution >= 0.6 is 22.6 Å². The van der Waals surface area contributed by atoms with Crippen LogP contribution in [0.2, 0.25) is 0 Å². The summed E-state index contributed by atoms with van der Waals surface area (Å²) in [6.07, 6.45) is 0.654. The van der Waals surface area contributed by atoms with E-state index in [9.17, 15) is 9.90 Å². The van der Waals surface area contributed by atoms with Crippen molar-refractivity contribution in [3.05, 3.63) is 105 Å². The topological polar surface area (TPSA) is 69.6 Å². The molecule has 0 fully saturated rings. The highest BCUT2D eigenvalue weighted by Gasteiger charge is 2.17. The summed E-state index contributed by atoms with van der Waals surface area (Å²) in [4.78, 5) is 11.1. The van der Waals surface area contributed by atoms with E-state index in [-0.39, 0.29) is 17.2 Å². The van der Waals surface area contributed by atoms with Gasteiger partial charge in [-0.25, -0.2) is 4.79 Å². The first-order valence-electron chi connectivity index (χ1n) is 8.75. The molecule has 0 amide bonds. The third-order valence-electron chi connectivity index (χ3n) is 4.51. The number of halogens is 1. The standard InChI is InChI=1S/C23H20INO3/c1-15(25-20-10-8-19(24)9-11-20)22(17-6-12-21(26)13-7-17)14-16-2-4-18(5-3-16)23(27)28/h2-13,22,25-26H,1,14H2,(H,27,28). The van der Waals surface area contributed by atoms with Crippen LogP contribution in [0.3, 0.4) is 0 Å². The minimum Gasteiger partial charge on any atom is -0.508 e. The molecule has 1 unspecified atom stereocenters. The molecule has 0 radical (unpaired) electrons. The van der Waals surface area contributed by atoms with Gasteiger partial charge in [0, 0.05) is 20.9 Å². The number of hydrogen-bond donors (Lipinski definition) is 3. The number of carboxylic acids is 1. The molecule has 0 bridgehead atoms. The van der Waals surface area contributed by atoms with Gasteiger partial charge in [0.05, 0.1) is 5.56 Å². The molecule has 142 valence electrons. The lowest BCUT2D eigenvalue weighted by Gasteiger charge is -2.22. The van der Waals surface area contributed by atoms with Gasteiger partial charge in [-0.15, -0.1) is 0 Å². The molecule has 0 heterocycles. The summed E-state index contributed by atoms with van der Waals surface area (Å²) in [5, 5.41) is 22.1. The van der Waals surface area contributed by atoms with E-state index in [1.54, 1.807) is 24.3 Å². The summed E-state index contributed by atoms with van der Waals surface area (Å²) in [6.45, 7) is 4.24. The number of aromatic carboxylic acids is 1. The minimum absolute atomic E-state index is 0.0458. The predicted molar refractivity (Wildman–Crippen MR) is 120 cm³/mol. The Labute approximate surface area is 177 Å². The number of carbonyl (C=O) groups is 1. The molecule has 0 aliphatic heterocycles. The first-order chi connectivity index (χ1) is 13.4. The maximum absolute atomic E-state index is 11.1. The van der Waals surface area contributed by atoms with Crippen molar-refractivity contribution in [3.63, 3.8) is 0 Å². The lowest BCUT2D eigenvalue weighted by Crippen LogP contribution is -2.12. The van der Waals surface area contributed by atoms with Crippen LogP contribution in [0, 0.1) is 3.57 Å². The number of phenols is 1. The molecule has 5 heteroatoms. The normalized spacial score (nSPS) is 11.6. The molecule has 1 atom stereocenters. The average molecular weight is 485 g/mol. The summed E-state index contributed by atoms with van der Waals surface area (Å²) < 4.78 is 1.15. The van der Waals surface area contributed by atoms with Gasteiger partial charge in [0.1, 0.15) is 5.75 Å². The highest BCUT2D eigenvalue weighted by molar-refractivity contribution is 14.1. The van der Waals surface area contributed by atoms with Crippen molar-refractivity contribution in [2.24, 2.45) is 0 Å². The molecular weight excluding hydrogens is 465 g/mol. The average Bonchev–Trinajstić information content (AvgIpc) is 2.69. The number of aromatic hydroxyl groups is 1. The summed E-state index contributed by atoms with van der Waals surface area (Å²) in [6, 6.07) is 22.0. The number of hydrogen-bond acceptors (Lipinski definition) is 3.